The minimum absolute atomic E-state index is 0.0289. The number of benzene rings is 1. The average molecular weight is 413 g/mol. The van der Waals surface area contributed by atoms with Crippen LogP contribution in [0.3, 0.4) is 0 Å². The van der Waals surface area contributed by atoms with Gasteiger partial charge in [-0.05, 0) is 36.0 Å². The van der Waals surface area contributed by atoms with Gasteiger partial charge in [-0.25, -0.2) is 4.39 Å². The third kappa shape index (κ3) is 3.61. The summed E-state index contributed by atoms with van der Waals surface area (Å²) in [5.41, 5.74) is 0.595. The van der Waals surface area contributed by atoms with Crippen molar-refractivity contribution in [3.63, 3.8) is 0 Å². The van der Waals surface area contributed by atoms with E-state index in [4.69, 9.17) is 0 Å². The normalized spacial score (nSPS) is 27.7. The van der Waals surface area contributed by atoms with Crippen molar-refractivity contribution in [1.29, 1.82) is 0 Å². The molecule has 2 N–H and O–H groups in total. The van der Waals surface area contributed by atoms with Gasteiger partial charge in [0.05, 0.1) is 11.8 Å². The molecule has 4 unspecified atom stereocenters. The first kappa shape index (κ1) is 20.6. The van der Waals surface area contributed by atoms with Crippen molar-refractivity contribution in [3.05, 3.63) is 47.8 Å². The molecule has 30 heavy (non-hydrogen) atoms. The Kier molecular flexibility index (Phi) is 5.38. The molecule has 1 aliphatic heterocycles. The fourth-order valence-corrected chi connectivity index (χ4v) is 5.01. The quantitative estimate of drug-likeness (QED) is 0.325. The number of carbonyl (C=O) groups is 2. The Balaban J connectivity index is 1.28. The lowest BCUT2D eigenvalue weighted by atomic mass is 9.84. The Bertz CT molecular complexity index is 880. The number of fused-ring (bicyclic) bond motifs is 5. The van der Waals surface area contributed by atoms with Gasteiger partial charge in [-0.1, -0.05) is 38.1 Å². The van der Waals surface area contributed by atoms with E-state index in [1.807, 2.05) is 19.9 Å². The third-order valence-electron chi connectivity index (χ3n) is 6.72. The molecule has 2 amide bonds. The molecule has 0 radical (unpaired) electrons. The molecule has 2 fully saturated rings. The summed E-state index contributed by atoms with van der Waals surface area (Å²) in [5, 5.41) is 6.44. The number of nitrogens with one attached hydrogen (secondary N) is 2. The lowest BCUT2D eigenvalue weighted by Gasteiger charge is -2.27. The molecule has 4 rings (SSSR count). The van der Waals surface area contributed by atoms with Crippen molar-refractivity contribution < 1.29 is 14.0 Å². The van der Waals surface area contributed by atoms with Gasteiger partial charge in [-0.2, -0.15) is 0 Å². The lowest BCUT2D eigenvalue weighted by molar-refractivity contribution is -0.140. The van der Waals surface area contributed by atoms with Crippen LogP contribution in [0.4, 0.5) is 4.39 Å². The van der Waals surface area contributed by atoms with Crippen molar-refractivity contribution in [1.82, 2.24) is 15.5 Å². The molecule has 7 heteroatoms. The Labute approximate surface area is 176 Å². The van der Waals surface area contributed by atoms with E-state index in [1.54, 1.807) is 19.2 Å². The SMILES string of the molecule is CN=C(NCCN1C(=O)C2C3C=CC(C3)C2C1=O)NCC(C)(C)c1cccc(F)c1. The summed E-state index contributed by atoms with van der Waals surface area (Å²) in [6, 6.07) is 6.59. The molecule has 0 spiro atoms. The van der Waals surface area contributed by atoms with Gasteiger partial charge in [0.15, 0.2) is 5.96 Å². The van der Waals surface area contributed by atoms with Crippen LogP contribution in [0.5, 0.6) is 0 Å². The molecule has 2 bridgehead atoms. The summed E-state index contributed by atoms with van der Waals surface area (Å²) in [6.45, 7) is 5.38. The first-order chi connectivity index (χ1) is 14.3. The maximum atomic E-state index is 13.6. The second kappa shape index (κ2) is 7.85. The van der Waals surface area contributed by atoms with E-state index in [9.17, 15) is 14.0 Å². The molecule has 3 aliphatic rings. The zero-order valence-electron chi connectivity index (χ0n) is 17.7. The number of rotatable bonds is 6. The van der Waals surface area contributed by atoms with E-state index in [-0.39, 0.29) is 46.7 Å². The predicted molar refractivity (Wildman–Crippen MR) is 113 cm³/mol. The molecule has 2 aliphatic carbocycles. The number of guanidine groups is 1. The van der Waals surface area contributed by atoms with Crippen LogP contribution in [0.1, 0.15) is 25.8 Å². The number of carbonyl (C=O) groups excluding carboxylic acids is 2. The van der Waals surface area contributed by atoms with Gasteiger partial charge in [-0.15, -0.1) is 0 Å². The van der Waals surface area contributed by atoms with Crippen LogP contribution in [0.2, 0.25) is 0 Å². The monoisotopic (exact) mass is 412 g/mol. The van der Waals surface area contributed by atoms with Gasteiger partial charge in [0, 0.05) is 32.1 Å². The number of nitrogens with zero attached hydrogens (tertiary/aromatic N) is 2. The standard InChI is InChI=1S/C23H29FN4O2/c1-23(2,16-5-4-6-17(24)12-16)13-27-22(25-3)26-9-10-28-20(29)18-14-7-8-15(11-14)19(18)21(28)30/h4-8,12,14-15,18-19H,9-11,13H2,1-3H3,(H2,25,26,27). The van der Waals surface area contributed by atoms with Crippen molar-refractivity contribution in [2.24, 2.45) is 28.7 Å². The zero-order chi connectivity index (χ0) is 21.5. The highest BCUT2D eigenvalue weighted by Gasteiger charge is 2.58. The molecule has 1 aromatic rings. The van der Waals surface area contributed by atoms with Gasteiger partial charge in [0.25, 0.3) is 0 Å². The van der Waals surface area contributed by atoms with E-state index < -0.39 is 0 Å². The summed E-state index contributed by atoms with van der Waals surface area (Å²) in [7, 11) is 1.67. The molecule has 4 atom stereocenters. The molecule has 160 valence electrons. The van der Waals surface area contributed by atoms with Crippen LogP contribution < -0.4 is 10.6 Å². The molecule has 1 saturated heterocycles. The van der Waals surface area contributed by atoms with Gasteiger partial charge in [0.1, 0.15) is 5.82 Å². The first-order valence-corrected chi connectivity index (χ1v) is 10.6. The number of aliphatic imine (C=N–C) groups is 1. The minimum atomic E-state index is -0.301. The van der Waals surface area contributed by atoms with Crippen molar-refractivity contribution >= 4 is 17.8 Å². The fourth-order valence-electron chi connectivity index (χ4n) is 5.01. The number of allylic oxidation sites excluding steroid dienone is 2. The Morgan fingerprint density at radius 3 is 2.43 bits per heavy atom. The first-order valence-electron chi connectivity index (χ1n) is 10.6. The van der Waals surface area contributed by atoms with Crippen LogP contribution in [0.15, 0.2) is 41.4 Å². The summed E-state index contributed by atoms with van der Waals surface area (Å²) >= 11 is 0. The summed E-state index contributed by atoms with van der Waals surface area (Å²) in [4.78, 5) is 31.1. The van der Waals surface area contributed by atoms with Crippen molar-refractivity contribution in [2.75, 3.05) is 26.7 Å². The number of hydrogen-bond donors (Lipinski definition) is 2. The van der Waals surface area contributed by atoms with Crippen molar-refractivity contribution in [2.45, 2.75) is 25.7 Å². The highest BCUT2D eigenvalue weighted by Crippen LogP contribution is 2.52. The lowest BCUT2D eigenvalue weighted by Crippen LogP contribution is -2.46. The highest BCUT2D eigenvalue weighted by molar-refractivity contribution is 6.06. The molecular weight excluding hydrogens is 383 g/mol. The maximum Gasteiger partial charge on any atom is 0.233 e. The summed E-state index contributed by atoms with van der Waals surface area (Å²) < 4.78 is 13.6. The Morgan fingerprint density at radius 2 is 1.83 bits per heavy atom. The second-order valence-corrected chi connectivity index (χ2v) is 9.07. The number of imide groups is 1. The second-order valence-electron chi connectivity index (χ2n) is 9.07. The van der Waals surface area contributed by atoms with Crippen LogP contribution in [0.25, 0.3) is 0 Å². The van der Waals surface area contributed by atoms with Crippen LogP contribution in [0, 0.1) is 29.5 Å². The molecular formula is C23H29FN4O2. The smallest absolute Gasteiger partial charge is 0.233 e. The maximum absolute atomic E-state index is 13.6. The van der Waals surface area contributed by atoms with E-state index in [1.165, 1.54) is 11.0 Å². The number of likely N-dealkylation sites (tertiary alicyclic amines) is 1. The molecule has 0 aromatic heterocycles. The van der Waals surface area contributed by atoms with E-state index in [0.29, 0.717) is 25.6 Å². The van der Waals surface area contributed by atoms with Crippen LogP contribution in [-0.2, 0) is 15.0 Å². The number of halogens is 1. The summed E-state index contributed by atoms with van der Waals surface area (Å²) in [6.07, 6.45) is 5.15. The topological polar surface area (TPSA) is 73.8 Å². The predicted octanol–water partition coefficient (Wildman–Crippen LogP) is 2.08. The van der Waals surface area contributed by atoms with Crippen molar-refractivity contribution in [3.8, 4) is 0 Å². The van der Waals surface area contributed by atoms with E-state index in [2.05, 4.69) is 27.8 Å². The number of hydrogen-bond acceptors (Lipinski definition) is 3. The molecule has 1 heterocycles. The van der Waals surface area contributed by atoms with Gasteiger partial charge in [-0.3, -0.25) is 19.5 Å². The molecule has 1 saturated carbocycles. The van der Waals surface area contributed by atoms with Crippen LogP contribution in [-0.4, -0.2) is 49.4 Å². The third-order valence-corrected chi connectivity index (χ3v) is 6.72. The van der Waals surface area contributed by atoms with Gasteiger partial charge < -0.3 is 10.6 Å². The van der Waals surface area contributed by atoms with Gasteiger partial charge in [0.2, 0.25) is 11.8 Å². The highest BCUT2D eigenvalue weighted by atomic mass is 19.1. The summed E-state index contributed by atoms with van der Waals surface area (Å²) in [5.74, 6) is 0.423. The minimum Gasteiger partial charge on any atom is -0.356 e. The molecule has 6 nitrogen and oxygen atoms in total. The molecule has 1 aromatic carbocycles. The van der Waals surface area contributed by atoms with Crippen LogP contribution >= 0.6 is 0 Å². The Hall–Kier alpha value is -2.70. The fraction of sp³-hybridized carbons (Fsp3) is 0.522. The van der Waals surface area contributed by atoms with E-state index in [0.717, 1.165) is 12.0 Å². The van der Waals surface area contributed by atoms with E-state index >= 15 is 0 Å². The average Bonchev–Trinajstić information content (AvgIpc) is 3.40. The van der Waals surface area contributed by atoms with Gasteiger partial charge >= 0.3 is 0 Å². The Morgan fingerprint density at radius 1 is 1.17 bits per heavy atom. The number of amides is 2. The largest absolute Gasteiger partial charge is 0.356 e. The zero-order valence-corrected chi connectivity index (χ0v) is 17.7.